The van der Waals surface area contributed by atoms with Gasteiger partial charge < -0.3 is 19.7 Å². The van der Waals surface area contributed by atoms with E-state index in [0.717, 1.165) is 11.9 Å². The quantitative estimate of drug-likeness (QED) is 0.596. The Labute approximate surface area is 153 Å². The molecular formula is C18H26N4O3Si. The maximum Gasteiger partial charge on any atom is 0.208 e. The number of fused-ring (bicyclic) bond motifs is 1. The Kier molecular flexibility index (Phi) is 4.73. The topological polar surface area (TPSA) is 94.3 Å². The predicted molar refractivity (Wildman–Crippen MR) is 104 cm³/mol. The highest BCUT2D eigenvalue weighted by molar-refractivity contribution is 6.76. The lowest BCUT2D eigenvalue weighted by Gasteiger charge is -2.45. The van der Waals surface area contributed by atoms with Crippen molar-refractivity contribution in [2.24, 2.45) is 0 Å². The van der Waals surface area contributed by atoms with Crippen molar-refractivity contribution >= 4 is 24.9 Å². The van der Waals surface area contributed by atoms with Crippen LogP contribution in [-0.2, 0) is 11.5 Å². The Morgan fingerprint density at radius 3 is 2.69 bits per heavy atom. The van der Waals surface area contributed by atoms with Gasteiger partial charge in [0, 0.05) is 34.0 Å². The highest BCUT2D eigenvalue weighted by Gasteiger charge is 2.38. The summed E-state index contributed by atoms with van der Waals surface area (Å²) in [5.74, 6) is 0.822. The van der Waals surface area contributed by atoms with Gasteiger partial charge in [-0.1, -0.05) is 19.6 Å². The van der Waals surface area contributed by atoms with Crippen LogP contribution in [0.3, 0.4) is 0 Å². The predicted octanol–water partition coefficient (Wildman–Crippen LogP) is 2.08. The first-order valence-corrected chi connectivity index (χ1v) is 12.5. The molecule has 1 aliphatic heterocycles. The van der Waals surface area contributed by atoms with Gasteiger partial charge >= 0.3 is 0 Å². The number of aromatic amines is 1. The number of pyridine rings is 1. The van der Waals surface area contributed by atoms with E-state index < -0.39 is 13.7 Å². The molecule has 140 valence electrons. The number of H-pyrrole nitrogens is 1. The van der Waals surface area contributed by atoms with Crippen LogP contribution in [0, 0.1) is 11.3 Å². The Morgan fingerprint density at radius 2 is 2.12 bits per heavy atom. The van der Waals surface area contributed by atoms with Gasteiger partial charge in [-0.15, -0.1) is 0 Å². The van der Waals surface area contributed by atoms with Crippen molar-refractivity contribution in [1.29, 1.82) is 5.26 Å². The molecule has 0 bridgehead atoms. The van der Waals surface area contributed by atoms with Crippen LogP contribution >= 0.6 is 0 Å². The third-order valence-corrected chi connectivity index (χ3v) is 6.35. The first kappa shape index (κ1) is 18.7. The molecule has 0 aromatic carbocycles. The lowest BCUT2D eigenvalue weighted by atomic mass is 9.97. The van der Waals surface area contributed by atoms with E-state index in [2.05, 4.69) is 24.6 Å². The molecule has 1 saturated heterocycles. The summed E-state index contributed by atoms with van der Waals surface area (Å²) in [6, 6.07) is 4.77. The van der Waals surface area contributed by atoms with Crippen molar-refractivity contribution in [2.45, 2.75) is 44.9 Å². The molecule has 3 heterocycles. The number of anilines is 1. The van der Waals surface area contributed by atoms with Crippen LogP contribution in [0.15, 0.2) is 17.1 Å². The Morgan fingerprint density at radius 1 is 1.42 bits per heavy atom. The zero-order valence-electron chi connectivity index (χ0n) is 15.8. The number of aromatic nitrogens is 2. The minimum absolute atomic E-state index is 0.0939. The number of aliphatic hydroxyl groups is 1. The summed E-state index contributed by atoms with van der Waals surface area (Å²) in [4.78, 5) is 17.6. The average Bonchev–Trinajstić information content (AvgIpc) is 2.88. The van der Waals surface area contributed by atoms with Crippen LogP contribution in [0.25, 0.3) is 11.0 Å². The van der Waals surface area contributed by atoms with Crippen LogP contribution < -0.4 is 10.3 Å². The molecule has 7 nitrogen and oxygen atoms in total. The fraction of sp³-hybridized carbons (Fsp3) is 0.556. The number of nitriles is 1. The summed E-state index contributed by atoms with van der Waals surface area (Å²) < 4.78 is 7.81. The number of hydrogen-bond acceptors (Lipinski definition) is 5. The van der Waals surface area contributed by atoms with E-state index in [1.54, 1.807) is 13.0 Å². The van der Waals surface area contributed by atoms with Crippen molar-refractivity contribution in [1.82, 2.24) is 9.55 Å². The van der Waals surface area contributed by atoms with Gasteiger partial charge in [0.15, 0.2) is 0 Å². The molecule has 26 heavy (non-hydrogen) atoms. The minimum Gasteiger partial charge on any atom is -0.386 e. The van der Waals surface area contributed by atoms with E-state index in [0.29, 0.717) is 37.5 Å². The zero-order chi connectivity index (χ0) is 19.1. The van der Waals surface area contributed by atoms with Crippen molar-refractivity contribution in [3.8, 4) is 6.07 Å². The lowest BCUT2D eigenvalue weighted by Crippen LogP contribution is -2.60. The van der Waals surface area contributed by atoms with Crippen LogP contribution in [0.5, 0.6) is 0 Å². The Balaban J connectivity index is 1.92. The molecule has 2 N–H and O–H groups in total. The second kappa shape index (κ2) is 6.58. The molecule has 8 heteroatoms. The van der Waals surface area contributed by atoms with Gasteiger partial charge in [0.25, 0.3) is 0 Å². The van der Waals surface area contributed by atoms with Crippen LogP contribution in [0.2, 0.25) is 25.7 Å². The molecule has 2 aromatic heterocycles. The van der Waals surface area contributed by atoms with Gasteiger partial charge in [-0.3, -0.25) is 9.36 Å². The molecule has 3 rings (SSSR count). The fourth-order valence-electron chi connectivity index (χ4n) is 3.16. The molecule has 0 radical (unpaired) electrons. The molecule has 0 unspecified atom stereocenters. The number of nitrogens with one attached hydrogen (secondary N) is 1. The van der Waals surface area contributed by atoms with Gasteiger partial charge in [-0.25, -0.2) is 0 Å². The number of hydrogen-bond donors (Lipinski definition) is 2. The normalized spacial score (nSPS) is 16.5. The highest BCUT2D eigenvalue weighted by Crippen LogP contribution is 2.31. The lowest BCUT2D eigenvalue weighted by molar-refractivity contribution is 0.0284. The fourth-order valence-corrected chi connectivity index (χ4v) is 3.92. The molecule has 1 fully saturated rings. The van der Waals surface area contributed by atoms with E-state index in [9.17, 15) is 9.90 Å². The molecule has 0 saturated carbocycles. The van der Waals surface area contributed by atoms with Crippen molar-refractivity contribution in [2.75, 3.05) is 24.6 Å². The van der Waals surface area contributed by atoms with E-state index in [4.69, 9.17) is 10.00 Å². The van der Waals surface area contributed by atoms with Gasteiger partial charge in [0.05, 0.1) is 11.0 Å². The SMILES string of the molecule is CC1(O)CN(c2cc3c(=O)c(C#N)c[nH]c3n2COCC[Si](C)(C)C)C1. The Bertz CT molecular complexity index is 909. The van der Waals surface area contributed by atoms with E-state index >= 15 is 0 Å². The molecule has 0 amide bonds. The van der Waals surface area contributed by atoms with E-state index in [1.807, 2.05) is 15.5 Å². The molecule has 0 aliphatic carbocycles. The monoisotopic (exact) mass is 374 g/mol. The van der Waals surface area contributed by atoms with Crippen molar-refractivity contribution in [3.63, 3.8) is 0 Å². The molecule has 0 spiro atoms. The van der Waals surface area contributed by atoms with Crippen LogP contribution in [0.1, 0.15) is 12.5 Å². The third kappa shape index (κ3) is 3.70. The molecule has 1 aliphatic rings. The van der Waals surface area contributed by atoms with Gasteiger partial charge in [0.1, 0.15) is 29.8 Å². The standard InChI is InChI=1S/C18H26N4O3Si/c1-18(24)10-21(11-18)15-7-14-16(23)13(8-19)9-20-17(14)22(15)12-25-5-6-26(2,3)4/h7,9,24H,5-6,10-12H2,1-4H3,(H,20,23). The highest BCUT2D eigenvalue weighted by atomic mass is 28.3. The van der Waals surface area contributed by atoms with Crippen LogP contribution in [0.4, 0.5) is 5.82 Å². The zero-order valence-corrected chi connectivity index (χ0v) is 16.8. The number of nitrogens with zero attached hydrogens (tertiary/aromatic N) is 3. The van der Waals surface area contributed by atoms with Gasteiger partial charge in [0.2, 0.25) is 5.43 Å². The summed E-state index contributed by atoms with van der Waals surface area (Å²) in [7, 11) is -1.18. The first-order valence-electron chi connectivity index (χ1n) is 8.81. The maximum atomic E-state index is 12.5. The van der Waals surface area contributed by atoms with E-state index in [-0.39, 0.29) is 11.0 Å². The molecule has 0 atom stereocenters. The van der Waals surface area contributed by atoms with Crippen LogP contribution in [-0.4, -0.2) is 48.0 Å². The second-order valence-electron chi connectivity index (χ2n) is 8.54. The minimum atomic E-state index is -1.18. The average molecular weight is 375 g/mol. The number of β-amino-alcohol motifs (C(OH)–C–C–N with tert-alkyl or cyclic N) is 1. The van der Waals surface area contributed by atoms with E-state index in [1.165, 1.54) is 6.20 Å². The van der Waals surface area contributed by atoms with Gasteiger partial charge in [-0.2, -0.15) is 5.26 Å². The van der Waals surface area contributed by atoms with Gasteiger partial charge in [-0.05, 0) is 19.0 Å². The summed E-state index contributed by atoms with van der Waals surface area (Å²) >= 11 is 0. The largest absolute Gasteiger partial charge is 0.386 e. The van der Waals surface area contributed by atoms with Crippen molar-refractivity contribution in [3.05, 3.63) is 28.0 Å². The maximum absolute atomic E-state index is 12.5. The summed E-state index contributed by atoms with van der Waals surface area (Å²) in [6.07, 6.45) is 1.44. The number of ether oxygens (including phenoxy) is 1. The Hall–Kier alpha value is -2.08. The summed E-state index contributed by atoms with van der Waals surface area (Å²) in [6.45, 7) is 10.7. The summed E-state index contributed by atoms with van der Waals surface area (Å²) in [5, 5.41) is 19.6. The first-order chi connectivity index (χ1) is 12.1. The second-order valence-corrected chi connectivity index (χ2v) is 14.2. The van der Waals surface area contributed by atoms with Crippen molar-refractivity contribution < 1.29 is 9.84 Å². The summed E-state index contributed by atoms with van der Waals surface area (Å²) in [5.41, 5.74) is -0.266. The smallest absolute Gasteiger partial charge is 0.208 e. The third-order valence-electron chi connectivity index (χ3n) is 4.64. The number of rotatable bonds is 6. The molecular weight excluding hydrogens is 348 g/mol. The molecule has 2 aromatic rings.